The summed E-state index contributed by atoms with van der Waals surface area (Å²) in [6, 6.07) is 6.34. The first-order chi connectivity index (χ1) is 10.6. The monoisotopic (exact) mass is 320 g/mol. The maximum absolute atomic E-state index is 12.3. The van der Waals surface area contributed by atoms with E-state index in [1.165, 1.54) is 0 Å². The molecule has 0 fully saturated rings. The third kappa shape index (κ3) is 6.10. The van der Waals surface area contributed by atoms with Crippen LogP contribution in [-0.2, 0) is 9.59 Å². The minimum atomic E-state index is -1.10. The number of amides is 2. The molecule has 0 aliphatic rings. The van der Waals surface area contributed by atoms with Gasteiger partial charge in [-0.1, -0.05) is 27.7 Å². The van der Waals surface area contributed by atoms with Crippen LogP contribution < -0.4 is 10.6 Å². The summed E-state index contributed by atoms with van der Waals surface area (Å²) in [5.74, 6) is -1.23. The largest absolute Gasteiger partial charge is 0.480 e. The number of hydrogen-bond acceptors (Lipinski definition) is 3. The highest BCUT2D eigenvalue weighted by Gasteiger charge is 2.28. The average molecular weight is 320 g/mol. The van der Waals surface area contributed by atoms with Gasteiger partial charge in [0, 0.05) is 16.7 Å². The summed E-state index contributed by atoms with van der Waals surface area (Å²) in [6.45, 7) is 7.51. The van der Waals surface area contributed by atoms with E-state index in [1.807, 2.05) is 13.8 Å². The first-order valence-electron chi connectivity index (χ1n) is 7.53. The molecule has 0 saturated heterocycles. The predicted octanol–water partition coefficient (Wildman–Crippen LogP) is 2.51. The molecule has 0 aromatic heterocycles. The van der Waals surface area contributed by atoms with Crippen LogP contribution in [0.1, 0.15) is 44.5 Å². The van der Waals surface area contributed by atoms with Gasteiger partial charge < -0.3 is 15.7 Å². The Kier molecular flexibility index (Phi) is 6.30. The van der Waals surface area contributed by atoms with E-state index in [1.54, 1.807) is 24.3 Å². The molecule has 3 N–H and O–H groups in total. The van der Waals surface area contributed by atoms with Crippen molar-refractivity contribution in [3.05, 3.63) is 29.8 Å². The van der Waals surface area contributed by atoms with Gasteiger partial charge in [0.15, 0.2) is 0 Å². The molecular weight excluding hydrogens is 296 g/mol. The van der Waals surface area contributed by atoms with Gasteiger partial charge in [-0.25, -0.2) is 0 Å². The molecule has 0 bridgehead atoms. The number of aliphatic carboxylic acids is 1. The van der Waals surface area contributed by atoms with Crippen molar-refractivity contribution in [3.63, 3.8) is 0 Å². The second-order valence-corrected chi connectivity index (χ2v) is 6.59. The summed E-state index contributed by atoms with van der Waals surface area (Å²) in [4.78, 5) is 34.4. The number of hydrogen-bond donors (Lipinski definition) is 3. The Hall–Kier alpha value is -2.37. The lowest BCUT2D eigenvalue weighted by atomic mass is 9.83. The van der Waals surface area contributed by atoms with Crippen molar-refractivity contribution in [2.24, 2.45) is 11.3 Å². The number of nitrogens with one attached hydrogen (secondary N) is 2. The Balaban J connectivity index is 2.68. The minimum absolute atomic E-state index is 0.0747. The van der Waals surface area contributed by atoms with Gasteiger partial charge in [0.2, 0.25) is 5.91 Å². The van der Waals surface area contributed by atoms with E-state index >= 15 is 0 Å². The number of carbonyl (C=O) groups excluding carboxylic acids is 2. The van der Waals surface area contributed by atoms with Crippen molar-refractivity contribution < 1.29 is 19.5 Å². The molecule has 1 aromatic carbocycles. The van der Waals surface area contributed by atoms with Gasteiger partial charge in [0.1, 0.15) is 6.54 Å². The second-order valence-electron chi connectivity index (χ2n) is 6.59. The SMILES string of the molecule is CC(C)CC(C)(C)C(=O)Nc1ccc(C(=O)NCC(=O)O)cc1. The number of carboxylic acid groups (broad SMARTS) is 1. The van der Waals surface area contributed by atoms with Crippen molar-refractivity contribution >= 4 is 23.5 Å². The summed E-state index contributed by atoms with van der Waals surface area (Å²) in [7, 11) is 0. The van der Waals surface area contributed by atoms with Gasteiger partial charge in [0.05, 0.1) is 0 Å². The van der Waals surface area contributed by atoms with E-state index in [0.29, 0.717) is 17.2 Å². The maximum Gasteiger partial charge on any atom is 0.322 e. The van der Waals surface area contributed by atoms with Gasteiger partial charge in [-0.05, 0) is 36.6 Å². The fourth-order valence-corrected chi connectivity index (χ4v) is 2.38. The van der Waals surface area contributed by atoms with Crippen molar-refractivity contribution in [1.29, 1.82) is 0 Å². The average Bonchev–Trinajstić information content (AvgIpc) is 2.44. The van der Waals surface area contributed by atoms with Crippen LogP contribution in [0, 0.1) is 11.3 Å². The quantitative estimate of drug-likeness (QED) is 0.719. The highest BCUT2D eigenvalue weighted by molar-refractivity contribution is 5.97. The van der Waals surface area contributed by atoms with Crippen molar-refractivity contribution in [2.75, 3.05) is 11.9 Å². The molecule has 0 heterocycles. The molecule has 6 heteroatoms. The standard InChI is InChI=1S/C17H24N2O4/c1-11(2)9-17(3,4)16(23)19-13-7-5-12(6-8-13)15(22)18-10-14(20)21/h5-8,11H,9-10H2,1-4H3,(H,18,22)(H,19,23)(H,20,21). The van der Waals surface area contributed by atoms with Crippen LogP contribution in [0.2, 0.25) is 0 Å². The molecule has 1 aromatic rings. The molecule has 126 valence electrons. The van der Waals surface area contributed by atoms with E-state index < -0.39 is 23.8 Å². The van der Waals surface area contributed by atoms with E-state index in [-0.39, 0.29) is 5.91 Å². The van der Waals surface area contributed by atoms with Crippen LogP contribution in [0.3, 0.4) is 0 Å². The Morgan fingerprint density at radius 2 is 1.70 bits per heavy atom. The first-order valence-corrected chi connectivity index (χ1v) is 7.53. The summed E-state index contributed by atoms with van der Waals surface area (Å²) >= 11 is 0. The Morgan fingerprint density at radius 1 is 1.13 bits per heavy atom. The van der Waals surface area contributed by atoms with E-state index in [2.05, 4.69) is 24.5 Å². The van der Waals surface area contributed by atoms with Crippen LogP contribution in [0.15, 0.2) is 24.3 Å². The molecule has 0 radical (unpaired) electrons. The van der Waals surface area contributed by atoms with Crippen LogP contribution >= 0.6 is 0 Å². The zero-order valence-electron chi connectivity index (χ0n) is 14.0. The van der Waals surface area contributed by atoms with Gasteiger partial charge >= 0.3 is 5.97 Å². The molecule has 1 rings (SSSR count). The second kappa shape index (κ2) is 7.76. The lowest BCUT2D eigenvalue weighted by Gasteiger charge is -2.25. The highest BCUT2D eigenvalue weighted by Crippen LogP contribution is 2.27. The predicted molar refractivity (Wildman–Crippen MR) is 88.3 cm³/mol. The fraction of sp³-hybridized carbons (Fsp3) is 0.471. The normalized spacial score (nSPS) is 11.2. The van der Waals surface area contributed by atoms with E-state index in [0.717, 1.165) is 6.42 Å². The van der Waals surface area contributed by atoms with Crippen LogP contribution in [0.4, 0.5) is 5.69 Å². The Morgan fingerprint density at radius 3 is 2.17 bits per heavy atom. The smallest absolute Gasteiger partial charge is 0.322 e. The third-order valence-corrected chi connectivity index (χ3v) is 3.34. The van der Waals surface area contributed by atoms with Crippen molar-refractivity contribution in [2.45, 2.75) is 34.1 Å². The van der Waals surface area contributed by atoms with E-state index in [4.69, 9.17) is 5.11 Å². The number of rotatable bonds is 7. The highest BCUT2D eigenvalue weighted by atomic mass is 16.4. The number of anilines is 1. The molecular formula is C17H24N2O4. The van der Waals surface area contributed by atoms with Crippen molar-refractivity contribution in [1.82, 2.24) is 5.32 Å². The molecule has 0 atom stereocenters. The lowest BCUT2D eigenvalue weighted by Crippen LogP contribution is -2.32. The fourth-order valence-electron chi connectivity index (χ4n) is 2.38. The molecule has 6 nitrogen and oxygen atoms in total. The number of carbonyl (C=O) groups is 3. The number of carboxylic acids is 1. The van der Waals surface area contributed by atoms with Gasteiger partial charge in [-0.3, -0.25) is 14.4 Å². The summed E-state index contributed by atoms with van der Waals surface area (Å²) in [6.07, 6.45) is 0.772. The molecule has 23 heavy (non-hydrogen) atoms. The molecule has 0 unspecified atom stereocenters. The lowest BCUT2D eigenvalue weighted by molar-refractivity contribution is -0.135. The van der Waals surface area contributed by atoms with E-state index in [9.17, 15) is 14.4 Å². The topological polar surface area (TPSA) is 95.5 Å². The Bertz CT molecular complexity index is 577. The summed E-state index contributed by atoms with van der Waals surface area (Å²) in [5, 5.41) is 13.6. The molecule has 2 amide bonds. The van der Waals surface area contributed by atoms with Gasteiger partial charge in [-0.15, -0.1) is 0 Å². The maximum atomic E-state index is 12.3. The molecule has 0 saturated carbocycles. The van der Waals surface area contributed by atoms with Crippen molar-refractivity contribution in [3.8, 4) is 0 Å². The van der Waals surface area contributed by atoms with Crippen LogP contribution in [0.5, 0.6) is 0 Å². The summed E-state index contributed by atoms with van der Waals surface area (Å²) in [5.41, 5.74) is 0.457. The van der Waals surface area contributed by atoms with Crippen LogP contribution in [0.25, 0.3) is 0 Å². The first kappa shape index (κ1) is 18.7. The van der Waals surface area contributed by atoms with Gasteiger partial charge in [-0.2, -0.15) is 0 Å². The van der Waals surface area contributed by atoms with Crippen LogP contribution in [-0.4, -0.2) is 29.4 Å². The third-order valence-electron chi connectivity index (χ3n) is 3.34. The summed E-state index contributed by atoms with van der Waals surface area (Å²) < 4.78 is 0. The zero-order valence-corrected chi connectivity index (χ0v) is 14.0. The molecule has 0 aliphatic carbocycles. The molecule has 0 aliphatic heterocycles. The molecule has 0 spiro atoms. The zero-order chi connectivity index (χ0) is 17.6. The minimum Gasteiger partial charge on any atom is -0.480 e. The number of benzene rings is 1. The Labute approximate surface area is 136 Å². The van der Waals surface area contributed by atoms with Gasteiger partial charge in [0.25, 0.3) is 5.91 Å².